The molecule has 0 aliphatic carbocycles. The summed E-state index contributed by atoms with van der Waals surface area (Å²) in [6, 6.07) is 5.84. The van der Waals surface area contributed by atoms with Gasteiger partial charge in [0.05, 0.1) is 0 Å². The third kappa shape index (κ3) is 3.34. The van der Waals surface area contributed by atoms with Crippen LogP contribution in [-0.2, 0) is 4.79 Å². The minimum atomic E-state index is 0.0293. The molecule has 140 valence electrons. The minimum Gasteiger partial charge on any atom is -0.338 e. The van der Waals surface area contributed by atoms with Crippen molar-refractivity contribution < 1.29 is 9.59 Å². The number of aromatic nitrogens is 1. The molecule has 0 bridgehead atoms. The van der Waals surface area contributed by atoms with Crippen LogP contribution in [-0.4, -0.2) is 77.3 Å². The van der Waals surface area contributed by atoms with Gasteiger partial charge in [-0.05, 0) is 56.8 Å². The van der Waals surface area contributed by atoms with E-state index in [9.17, 15) is 9.59 Å². The van der Waals surface area contributed by atoms with Crippen molar-refractivity contribution in [3.8, 4) is 0 Å². The molecule has 3 aliphatic heterocycles. The molecule has 6 nitrogen and oxygen atoms in total. The molecule has 0 radical (unpaired) electrons. The third-order valence-corrected chi connectivity index (χ3v) is 6.50. The van der Waals surface area contributed by atoms with Crippen LogP contribution in [0.4, 0.5) is 0 Å². The van der Waals surface area contributed by atoms with E-state index >= 15 is 0 Å². The molecular weight excluding hydrogens is 328 g/mol. The number of carbonyl (C=O) groups is 2. The van der Waals surface area contributed by atoms with Crippen LogP contribution in [0.25, 0.3) is 0 Å². The normalized spacial score (nSPS) is 26.5. The second-order valence-corrected chi connectivity index (χ2v) is 8.23. The zero-order valence-electron chi connectivity index (χ0n) is 15.6. The second kappa shape index (κ2) is 6.99. The van der Waals surface area contributed by atoms with E-state index in [1.54, 1.807) is 12.3 Å². The number of hydrogen-bond donors (Lipinski definition) is 0. The lowest BCUT2D eigenvalue weighted by Gasteiger charge is -2.48. The van der Waals surface area contributed by atoms with Gasteiger partial charge in [0.1, 0.15) is 5.69 Å². The summed E-state index contributed by atoms with van der Waals surface area (Å²) in [7, 11) is 2.13. The highest BCUT2D eigenvalue weighted by Gasteiger charge is 2.44. The predicted octanol–water partition coefficient (Wildman–Crippen LogP) is 1.63. The Balaban J connectivity index is 1.40. The molecule has 4 rings (SSSR count). The molecule has 4 heterocycles. The summed E-state index contributed by atoms with van der Waals surface area (Å²) in [5.41, 5.74) is 0.716. The number of likely N-dealkylation sites (N-methyl/N-ethyl adjacent to an activating group) is 1. The van der Waals surface area contributed by atoms with Crippen LogP contribution < -0.4 is 0 Å². The summed E-state index contributed by atoms with van der Waals surface area (Å²) >= 11 is 0. The van der Waals surface area contributed by atoms with E-state index in [0.717, 1.165) is 58.4 Å². The van der Waals surface area contributed by atoms with Gasteiger partial charge in [0.2, 0.25) is 5.91 Å². The summed E-state index contributed by atoms with van der Waals surface area (Å²) in [4.78, 5) is 35.7. The molecule has 2 amide bonds. The van der Waals surface area contributed by atoms with Crippen LogP contribution in [0.1, 0.15) is 42.6 Å². The first-order valence-electron chi connectivity index (χ1n) is 9.75. The van der Waals surface area contributed by atoms with Crippen LogP contribution in [0.2, 0.25) is 0 Å². The van der Waals surface area contributed by atoms with Gasteiger partial charge in [-0.1, -0.05) is 6.07 Å². The standard InChI is InChI=1S/C20H28N4O2/c1-22-11-6-16(14-22)24-15-20(7-5-18(24)25)8-12-23(13-9-20)19(26)17-4-2-3-10-21-17/h2-4,10,16H,5-9,11-15H2,1H3/t16-/m1/s1. The quantitative estimate of drug-likeness (QED) is 0.808. The summed E-state index contributed by atoms with van der Waals surface area (Å²) in [5.74, 6) is 0.351. The average molecular weight is 356 g/mol. The third-order valence-electron chi connectivity index (χ3n) is 6.50. The lowest BCUT2D eigenvalue weighted by atomic mass is 9.72. The Morgan fingerprint density at radius 1 is 1.19 bits per heavy atom. The van der Waals surface area contributed by atoms with E-state index in [2.05, 4.69) is 21.8 Å². The van der Waals surface area contributed by atoms with E-state index in [-0.39, 0.29) is 11.3 Å². The predicted molar refractivity (Wildman–Crippen MR) is 98.7 cm³/mol. The number of likely N-dealkylation sites (tertiary alicyclic amines) is 3. The Bertz CT molecular complexity index is 670. The van der Waals surface area contributed by atoms with Crippen LogP contribution in [0.15, 0.2) is 24.4 Å². The Kier molecular flexibility index (Phi) is 4.69. The maximum atomic E-state index is 12.6. The average Bonchev–Trinajstić information content (AvgIpc) is 3.11. The number of amides is 2. The smallest absolute Gasteiger partial charge is 0.272 e. The monoisotopic (exact) mass is 356 g/mol. The van der Waals surface area contributed by atoms with Crippen molar-refractivity contribution in [3.05, 3.63) is 30.1 Å². The van der Waals surface area contributed by atoms with Crippen molar-refractivity contribution in [3.63, 3.8) is 0 Å². The molecule has 1 aromatic heterocycles. The van der Waals surface area contributed by atoms with E-state index in [1.165, 1.54) is 0 Å². The van der Waals surface area contributed by atoms with Gasteiger partial charge in [-0.3, -0.25) is 14.6 Å². The Hall–Kier alpha value is -1.95. The first-order chi connectivity index (χ1) is 12.6. The molecule has 3 saturated heterocycles. The van der Waals surface area contributed by atoms with Gasteiger partial charge in [0.15, 0.2) is 0 Å². The fourth-order valence-corrected chi connectivity index (χ4v) is 4.79. The zero-order chi connectivity index (χ0) is 18.1. The van der Waals surface area contributed by atoms with Crippen LogP contribution in [0.3, 0.4) is 0 Å². The maximum Gasteiger partial charge on any atom is 0.272 e. The zero-order valence-corrected chi connectivity index (χ0v) is 15.6. The van der Waals surface area contributed by atoms with E-state index < -0.39 is 0 Å². The first-order valence-corrected chi connectivity index (χ1v) is 9.75. The molecular formula is C20H28N4O2. The van der Waals surface area contributed by atoms with Crippen molar-refractivity contribution in [1.29, 1.82) is 0 Å². The molecule has 0 unspecified atom stereocenters. The van der Waals surface area contributed by atoms with Crippen LogP contribution >= 0.6 is 0 Å². The van der Waals surface area contributed by atoms with E-state index in [4.69, 9.17) is 0 Å². The summed E-state index contributed by atoms with van der Waals surface area (Å²) in [5, 5.41) is 0. The highest BCUT2D eigenvalue weighted by Crippen LogP contribution is 2.41. The van der Waals surface area contributed by atoms with Crippen molar-refractivity contribution in [1.82, 2.24) is 19.7 Å². The lowest BCUT2D eigenvalue weighted by Crippen LogP contribution is -2.55. The molecule has 0 saturated carbocycles. The van der Waals surface area contributed by atoms with Gasteiger partial charge < -0.3 is 14.7 Å². The van der Waals surface area contributed by atoms with Gasteiger partial charge >= 0.3 is 0 Å². The van der Waals surface area contributed by atoms with E-state index in [1.807, 2.05) is 17.0 Å². The number of hydrogen-bond acceptors (Lipinski definition) is 4. The number of rotatable bonds is 2. The topological polar surface area (TPSA) is 56.8 Å². The second-order valence-electron chi connectivity index (χ2n) is 8.23. The van der Waals surface area contributed by atoms with Crippen molar-refractivity contribution in [2.75, 3.05) is 39.8 Å². The molecule has 3 fully saturated rings. The molecule has 1 atom stereocenters. The van der Waals surface area contributed by atoms with Gasteiger partial charge in [0.25, 0.3) is 5.91 Å². The number of nitrogens with zero attached hydrogens (tertiary/aromatic N) is 4. The summed E-state index contributed by atoms with van der Waals surface area (Å²) in [6.07, 6.45) is 6.35. The van der Waals surface area contributed by atoms with Gasteiger partial charge in [-0.2, -0.15) is 0 Å². The molecule has 3 aliphatic rings. The molecule has 0 aromatic carbocycles. The van der Waals surface area contributed by atoms with Crippen molar-refractivity contribution >= 4 is 11.8 Å². The van der Waals surface area contributed by atoms with Crippen LogP contribution in [0, 0.1) is 5.41 Å². The van der Waals surface area contributed by atoms with Crippen molar-refractivity contribution in [2.45, 2.75) is 38.1 Å². The largest absolute Gasteiger partial charge is 0.338 e. The molecule has 1 spiro atoms. The first kappa shape index (κ1) is 17.5. The van der Waals surface area contributed by atoms with E-state index in [0.29, 0.717) is 24.1 Å². The molecule has 0 N–H and O–H groups in total. The highest BCUT2D eigenvalue weighted by molar-refractivity contribution is 5.92. The van der Waals surface area contributed by atoms with Gasteiger partial charge in [0, 0.05) is 44.8 Å². The van der Waals surface area contributed by atoms with Gasteiger partial charge in [-0.25, -0.2) is 0 Å². The fourth-order valence-electron chi connectivity index (χ4n) is 4.79. The summed E-state index contributed by atoms with van der Waals surface area (Å²) in [6.45, 7) is 4.47. The summed E-state index contributed by atoms with van der Waals surface area (Å²) < 4.78 is 0. The Morgan fingerprint density at radius 2 is 2.00 bits per heavy atom. The molecule has 1 aromatic rings. The SMILES string of the molecule is CN1CC[C@@H](N2CC3(CCC2=O)CCN(C(=O)c2ccccn2)CC3)C1. The fraction of sp³-hybridized carbons (Fsp3) is 0.650. The van der Waals surface area contributed by atoms with Gasteiger partial charge in [-0.15, -0.1) is 0 Å². The lowest BCUT2D eigenvalue weighted by molar-refractivity contribution is -0.141. The maximum absolute atomic E-state index is 12.6. The number of carbonyl (C=O) groups excluding carboxylic acids is 2. The molecule has 26 heavy (non-hydrogen) atoms. The Morgan fingerprint density at radius 3 is 2.65 bits per heavy atom. The van der Waals surface area contributed by atoms with Crippen molar-refractivity contribution in [2.24, 2.45) is 5.41 Å². The Labute approximate surface area is 155 Å². The number of pyridine rings is 1. The minimum absolute atomic E-state index is 0.0293. The van der Waals surface area contributed by atoms with Crippen LogP contribution in [0.5, 0.6) is 0 Å². The number of piperidine rings is 2. The molecule has 6 heteroatoms. The highest BCUT2D eigenvalue weighted by atomic mass is 16.2.